The van der Waals surface area contributed by atoms with Crippen molar-refractivity contribution in [3.8, 4) is 11.1 Å². The number of carboxylic acid groups (broad SMARTS) is 1. The quantitative estimate of drug-likeness (QED) is 0.428. The van der Waals surface area contributed by atoms with Crippen LogP contribution in [0, 0.1) is 5.92 Å². The van der Waals surface area contributed by atoms with Gasteiger partial charge in [0, 0.05) is 19.2 Å². The SMILES string of the molecule is CCOC(=O)C(C)CCN(Cc1ccc(-c2ccccc2)cc1)C(=O)c1cc(C(=O)O)[nH]c(=O)n1. The van der Waals surface area contributed by atoms with Gasteiger partial charge in [0.1, 0.15) is 11.4 Å². The molecule has 1 atom stereocenters. The Morgan fingerprint density at radius 1 is 1.06 bits per heavy atom. The molecule has 0 aliphatic heterocycles. The van der Waals surface area contributed by atoms with Gasteiger partial charge >= 0.3 is 17.6 Å². The first-order valence-electron chi connectivity index (χ1n) is 11.2. The Morgan fingerprint density at radius 2 is 1.71 bits per heavy atom. The number of carbonyl (C=O) groups is 3. The fraction of sp³-hybridized carbons (Fsp3) is 0.269. The first-order valence-corrected chi connectivity index (χ1v) is 11.2. The number of H-pyrrole nitrogens is 1. The van der Waals surface area contributed by atoms with Crippen LogP contribution in [0.1, 0.15) is 46.8 Å². The molecule has 0 radical (unpaired) electrons. The minimum Gasteiger partial charge on any atom is -0.477 e. The molecule has 3 rings (SSSR count). The number of aromatic amines is 1. The van der Waals surface area contributed by atoms with Crippen LogP contribution in [0.4, 0.5) is 0 Å². The van der Waals surface area contributed by atoms with Crippen molar-refractivity contribution in [2.24, 2.45) is 5.92 Å². The first-order chi connectivity index (χ1) is 16.8. The number of ether oxygens (including phenoxy) is 1. The summed E-state index contributed by atoms with van der Waals surface area (Å²) < 4.78 is 5.05. The maximum Gasteiger partial charge on any atom is 0.352 e. The van der Waals surface area contributed by atoms with Gasteiger partial charge in [0.25, 0.3) is 5.91 Å². The third-order valence-corrected chi connectivity index (χ3v) is 5.44. The number of aromatic nitrogens is 2. The lowest BCUT2D eigenvalue weighted by Gasteiger charge is -2.24. The highest BCUT2D eigenvalue weighted by atomic mass is 16.5. The number of aromatic carboxylic acids is 1. The van der Waals surface area contributed by atoms with E-state index in [1.165, 1.54) is 4.90 Å². The third kappa shape index (κ3) is 6.86. The topological polar surface area (TPSA) is 130 Å². The zero-order valence-corrected chi connectivity index (χ0v) is 19.6. The average molecular weight is 478 g/mol. The molecule has 3 aromatic rings. The Morgan fingerprint density at radius 3 is 2.34 bits per heavy atom. The lowest BCUT2D eigenvalue weighted by molar-refractivity contribution is -0.147. The second-order valence-electron chi connectivity index (χ2n) is 8.02. The number of rotatable bonds is 10. The van der Waals surface area contributed by atoms with Crippen molar-refractivity contribution in [2.45, 2.75) is 26.8 Å². The van der Waals surface area contributed by atoms with Crippen molar-refractivity contribution in [3.05, 3.63) is 88.1 Å². The van der Waals surface area contributed by atoms with E-state index in [4.69, 9.17) is 4.74 Å². The fourth-order valence-electron chi connectivity index (χ4n) is 3.50. The van der Waals surface area contributed by atoms with Gasteiger partial charge < -0.3 is 14.7 Å². The van der Waals surface area contributed by atoms with Gasteiger partial charge in [0.05, 0.1) is 12.5 Å². The van der Waals surface area contributed by atoms with E-state index < -0.39 is 29.2 Å². The lowest BCUT2D eigenvalue weighted by atomic mass is 10.0. The first kappa shape index (κ1) is 25.4. The standard InChI is InChI=1S/C26H27N3O6/c1-3-35-25(33)17(2)13-14-29(23(30)21-15-22(24(31)32)28-26(34)27-21)16-18-9-11-20(12-10-18)19-7-5-4-6-8-19/h4-12,15,17H,3,13-14,16H2,1-2H3,(H,31,32)(H,27,28,34). The normalized spacial score (nSPS) is 11.5. The number of esters is 1. The smallest absolute Gasteiger partial charge is 0.352 e. The van der Waals surface area contributed by atoms with E-state index >= 15 is 0 Å². The molecule has 1 amide bonds. The molecule has 2 N–H and O–H groups in total. The highest BCUT2D eigenvalue weighted by molar-refractivity contribution is 5.95. The van der Waals surface area contributed by atoms with Gasteiger partial charge in [-0.1, -0.05) is 61.5 Å². The number of benzene rings is 2. The van der Waals surface area contributed by atoms with Crippen molar-refractivity contribution in [1.29, 1.82) is 0 Å². The van der Waals surface area contributed by atoms with E-state index in [0.29, 0.717) is 6.42 Å². The van der Waals surface area contributed by atoms with Crippen LogP contribution in [-0.4, -0.2) is 51.0 Å². The zero-order valence-electron chi connectivity index (χ0n) is 19.6. The minimum absolute atomic E-state index is 0.177. The molecule has 1 heterocycles. The molecule has 182 valence electrons. The zero-order chi connectivity index (χ0) is 25.4. The van der Waals surface area contributed by atoms with Crippen LogP contribution in [0.3, 0.4) is 0 Å². The number of carbonyl (C=O) groups excluding carboxylic acids is 2. The van der Waals surface area contributed by atoms with Crippen LogP contribution < -0.4 is 5.69 Å². The molecule has 0 saturated carbocycles. The molecule has 1 aromatic heterocycles. The van der Waals surface area contributed by atoms with Crippen LogP contribution in [0.15, 0.2) is 65.5 Å². The fourth-order valence-corrected chi connectivity index (χ4v) is 3.50. The number of nitrogens with one attached hydrogen (secondary N) is 1. The molecule has 0 fully saturated rings. The number of carboxylic acids is 1. The predicted octanol–water partition coefficient (Wildman–Crippen LogP) is 3.37. The van der Waals surface area contributed by atoms with Gasteiger partial charge in [-0.2, -0.15) is 4.98 Å². The second-order valence-corrected chi connectivity index (χ2v) is 8.02. The predicted molar refractivity (Wildman–Crippen MR) is 129 cm³/mol. The van der Waals surface area contributed by atoms with E-state index in [-0.39, 0.29) is 31.4 Å². The molecule has 9 heteroatoms. The summed E-state index contributed by atoms with van der Waals surface area (Å²) in [6.07, 6.45) is 0.321. The van der Waals surface area contributed by atoms with Gasteiger partial charge in [-0.25, -0.2) is 9.59 Å². The van der Waals surface area contributed by atoms with E-state index in [9.17, 15) is 24.3 Å². The highest BCUT2D eigenvalue weighted by Gasteiger charge is 2.23. The molecule has 35 heavy (non-hydrogen) atoms. The van der Waals surface area contributed by atoms with Gasteiger partial charge in [0.15, 0.2) is 0 Å². The Bertz CT molecular complexity index is 1240. The van der Waals surface area contributed by atoms with Crippen molar-refractivity contribution >= 4 is 17.8 Å². The van der Waals surface area contributed by atoms with Crippen LogP contribution in [0.2, 0.25) is 0 Å². The van der Waals surface area contributed by atoms with Crippen LogP contribution in [0.25, 0.3) is 11.1 Å². The second kappa shape index (κ2) is 11.7. The summed E-state index contributed by atoms with van der Waals surface area (Å²) >= 11 is 0. The van der Waals surface area contributed by atoms with E-state index in [1.807, 2.05) is 54.6 Å². The van der Waals surface area contributed by atoms with E-state index in [2.05, 4.69) is 9.97 Å². The summed E-state index contributed by atoms with van der Waals surface area (Å²) in [5.74, 6) is -2.80. The lowest BCUT2D eigenvalue weighted by Crippen LogP contribution is -2.35. The molecular weight excluding hydrogens is 450 g/mol. The Labute approximate surface area is 202 Å². The molecule has 1 unspecified atom stereocenters. The Kier molecular flexibility index (Phi) is 8.50. The minimum atomic E-state index is -1.38. The summed E-state index contributed by atoms with van der Waals surface area (Å²) in [4.78, 5) is 55.7. The van der Waals surface area contributed by atoms with E-state index in [0.717, 1.165) is 22.8 Å². The molecule has 0 aliphatic rings. The van der Waals surface area contributed by atoms with Gasteiger partial charge in [-0.05, 0) is 30.0 Å². The summed E-state index contributed by atoms with van der Waals surface area (Å²) in [5, 5.41) is 9.22. The van der Waals surface area contributed by atoms with Crippen LogP contribution in [0.5, 0.6) is 0 Å². The van der Waals surface area contributed by atoms with Crippen molar-refractivity contribution < 1.29 is 24.2 Å². The Hall–Kier alpha value is -4.27. The van der Waals surface area contributed by atoms with Crippen LogP contribution >= 0.6 is 0 Å². The molecular formula is C26H27N3O6. The van der Waals surface area contributed by atoms with Crippen molar-refractivity contribution in [2.75, 3.05) is 13.2 Å². The maximum atomic E-state index is 13.3. The molecule has 0 bridgehead atoms. The van der Waals surface area contributed by atoms with Crippen LogP contribution in [-0.2, 0) is 16.1 Å². The van der Waals surface area contributed by atoms with Crippen molar-refractivity contribution in [3.63, 3.8) is 0 Å². The third-order valence-electron chi connectivity index (χ3n) is 5.44. The van der Waals surface area contributed by atoms with E-state index in [1.54, 1.807) is 13.8 Å². The summed E-state index contributed by atoms with van der Waals surface area (Å²) in [6, 6.07) is 18.6. The largest absolute Gasteiger partial charge is 0.477 e. The Balaban J connectivity index is 1.85. The van der Waals surface area contributed by atoms with Gasteiger partial charge in [-0.15, -0.1) is 0 Å². The molecule has 0 spiro atoms. The van der Waals surface area contributed by atoms with Gasteiger partial charge in [0.2, 0.25) is 0 Å². The van der Waals surface area contributed by atoms with Gasteiger partial charge in [-0.3, -0.25) is 14.6 Å². The number of hydrogen-bond acceptors (Lipinski definition) is 6. The summed E-state index contributed by atoms with van der Waals surface area (Å²) in [7, 11) is 0. The highest BCUT2D eigenvalue weighted by Crippen LogP contribution is 2.20. The summed E-state index contributed by atoms with van der Waals surface area (Å²) in [6.45, 7) is 4.05. The monoisotopic (exact) mass is 477 g/mol. The number of nitrogens with zero attached hydrogens (tertiary/aromatic N) is 2. The molecule has 0 saturated heterocycles. The number of hydrogen-bond donors (Lipinski definition) is 2. The van der Waals surface area contributed by atoms with Crippen molar-refractivity contribution in [1.82, 2.24) is 14.9 Å². The molecule has 0 aliphatic carbocycles. The molecule has 9 nitrogen and oxygen atoms in total. The number of amides is 1. The maximum absolute atomic E-state index is 13.3. The molecule has 2 aromatic carbocycles. The summed E-state index contributed by atoms with van der Waals surface area (Å²) in [5.41, 5.74) is 1.26. The average Bonchev–Trinajstić information content (AvgIpc) is 2.86.